The van der Waals surface area contributed by atoms with Gasteiger partial charge >= 0.3 is 11.9 Å². The van der Waals surface area contributed by atoms with Gasteiger partial charge in [0.1, 0.15) is 17.2 Å². The maximum Gasteiger partial charge on any atom is 0.343 e. The van der Waals surface area contributed by atoms with Crippen LogP contribution in [0.1, 0.15) is 96.2 Å². The highest BCUT2D eigenvalue weighted by Crippen LogP contribution is 2.64. The first-order chi connectivity index (χ1) is 22.3. The van der Waals surface area contributed by atoms with Crippen molar-refractivity contribution in [2.75, 3.05) is 0 Å². The summed E-state index contributed by atoms with van der Waals surface area (Å²) in [6.45, 7) is 4.73. The number of phenolic OH excluding ortho intramolecular Hbond substituents is 1. The van der Waals surface area contributed by atoms with Gasteiger partial charge in [0.25, 0.3) is 0 Å². The third-order valence-corrected chi connectivity index (χ3v) is 11.3. The van der Waals surface area contributed by atoms with Gasteiger partial charge in [0, 0.05) is 17.0 Å². The second-order valence-corrected chi connectivity index (χ2v) is 14.1. The monoisotopic (exact) mass is 614 g/mol. The van der Waals surface area contributed by atoms with Gasteiger partial charge in [-0.3, -0.25) is 0 Å². The number of esters is 2. The number of benzene rings is 4. The first-order valence-electron chi connectivity index (χ1n) is 16.8. The zero-order valence-corrected chi connectivity index (χ0v) is 26.7. The van der Waals surface area contributed by atoms with E-state index in [-0.39, 0.29) is 22.5 Å². The Morgan fingerprint density at radius 3 is 1.76 bits per heavy atom. The van der Waals surface area contributed by atoms with Gasteiger partial charge in [-0.05, 0) is 128 Å². The Balaban J connectivity index is 1.29. The van der Waals surface area contributed by atoms with Gasteiger partial charge in [0.05, 0.1) is 11.1 Å². The van der Waals surface area contributed by atoms with Crippen LogP contribution in [0.5, 0.6) is 17.2 Å². The van der Waals surface area contributed by atoms with Crippen LogP contribution in [0.15, 0.2) is 97.1 Å². The van der Waals surface area contributed by atoms with E-state index in [0.29, 0.717) is 40.4 Å². The van der Waals surface area contributed by atoms with Gasteiger partial charge in [-0.2, -0.15) is 0 Å². The third-order valence-electron chi connectivity index (χ3n) is 11.3. The molecule has 0 radical (unpaired) electrons. The Kier molecular flexibility index (Phi) is 7.96. The molecule has 236 valence electrons. The van der Waals surface area contributed by atoms with Gasteiger partial charge in [0.15, 0.2) is 0 Å². The van der Waals surface area contributed by atoms with Crippen LogP contribution in [0.25, 0.3) is 0 Å². The number of phenols is 1. The Labute approximate surface area is 271 Å². The second kappa shape index (κ2) is 12.1. The second-order valence-electron chi connectivity index (χ2n) is 14.1. The molecule has 5 nitrogen and oxygen atoms in total. The summed E-state index contributed by atoms with van der Waals surface area (Å²) in [5.74, 6) is 1.87. The number of rotatable bonds is 5. The van der Waals surface area contributed by atoms with E-state index >= 15 is 0 Å². The molecule has 0 aromatic heterocycles. The smallest absolute Gasteiger partial charge is 0.343 e. The molecule has 0 amide bonds. The predicted octanol–water partition coefficient (Wildman–Crippen LogP) is 9.21. The summed E-state index contributed by atoms with van der Waals surface area (Å²) in [5, 5.41) is 11.7. The van der Waals surface area contributed by atoms with E-state index in [9.17, 15) is 14.7 Å². The molecule has 2 saturated carbocycles. The molecule has 3 aliphatic carbocycles. The largest absolute Gasteiger partial charge is 0.508 e. The summed E-state index contributed by atoms with van der Waals surface area (Å²) in [5.41, 5.74) is 4.19. The van der Waals surface area contributed by atoms with Crippen LogP contribution in [0.3, 0.4) is 0 Å². The average molecular weight is 615 g/mol. The fourth-order valence-corrected chi connectivity index (χ4v) is 8.97. The minimum Gasteiger partial charge on any atom is -0.508 e. The van der Waals surface area contributed by atoms with Crippen molar-refractivity contribution in [3.05, 3.63) is 125 Å². The third kappa shape index (κ3) is 5.40. The van der Waals surface area contributed by atoms with E-state index in [0.717, 1.165) is 44.1 Å². The lowest BCUT2D eigenvalue weighted by atomic mass is 9.43. The predicted molar refractivity (Wildman–Crippen MR) is 179 cm³/mol. The highest BCUT2D eigenvalue weighted by Gasteiger charge is 2.59. The molecule has 4 aromatic rings. The van der Waals surface area contributed by atoms with Crippen molar-refractivity contribution in [3.63, 3.8) is 0 Å². The zero-order valence-electron chi connectivity index (χ0n) is 26.7. The lowest BCUT2D eigenvalue weighted by Crippen LogP contribution is -2.57. The summed E-state index contributed by atoms with van der Waals surface area (Å²) in [4.78, 5) is 25.8. The molecule has 2 fully saturated rings. The number of hydrogen-bond donors (Lipinski definition) is 1. The number of fused-ring (bicyclic) bond motifs is 4. The van der Waals surface area contributed by atoms with E-state index in [2.05, 4.69) is 26.0 Å². The molecule has 0 aliphatic heterocycles. The topological polar surface area (TPSA) is 72.8 Å². The normalized spacial score (nSPS) is 26.9. The number of carbonyl (C=O) groups is 2. The van der Waals surface area contributed by atoms with Crippen LogP contribution in [0.4, 0.5) is 0 Å². The van der Waals surface area contributed by atoms with Gasteiger partial charge in [0.2, 0.25) is 0 Å². The van der Waals surface area contributed by atoms with Crippen molar-refractivity contribution < 1.29 is 24.2 Å². The van der Waals surface area contributed by atoms with Crippen LogP contribution in [0.2, 0.25) is 0 Å². The summed E-state index contributed by atoms with van der Waals surface area (Å²) in [7, 11) is 0. The highest BCUT2D eigenvalue weighted by atomic mass is 16.5. The summed E-state index contributed by atoms with van der Waals surface area (Å²) in [6, 6.07) is 29.7. The Bertz CT molecular complexity index is 1740. The van der Waals surface area contributed by atoms with Crippen LogP contribution in [0, 0.1) is 17.8 Å². The van der Waals surface area contributed by atoms with E-state index in [1.807, 2.05) is 42.5 Å². The number of carbonyl (C=O) groups excluding carboxylic acids is 2. The van der Waals surface area contributed by atoms with Crippen molar-refractivity contribution in [1.29, 1.82) is 0 Å². The molecule has 0 unspecified atom stereocenters. The average Bonchev–Trinajstić information content (AvgIpc) is 3.07. The fraction of sp³-hybridized carbons (Fsp3) is 0.366. The molecule has 1 N–H and O–H groups in total. The number of hydrogen-bond acceptors (Lipinski definition) is 5. The molecule has 7 rings (SSSR count). The molecule has 1 spiro atoms. The SMILES string of the molecule is CC1CCC2(CC1)c1ccc(OC(=O)c3ccccc3)cc1C[C@@]1(c3ccc(OC(=O)c4ccccc4)cc3O)CC[C@@H](C)C[C@H]21. The van der Waals surface area contributed by atoms with Crippen LogP contribution in [-0.2, 0) is 17.3 Å². The standard InChI is InChI=1S/C41H42O5/c1-27-17-20-40(21-18-27)34-15-13-32(45-38(43)29-9-5-3-6-10-29)24-31(34)26-41(22-19-28(2)23-37(40)41)35-16-14-33(25-36(35)42)46-39(44)30-11-7-4-8-12-30/h3-16,24-25,27-28,37,42H,17-23,26H2,1-2H3/t27?,28-,37-,40?,41-/m1/s1. The van der Waals surface area contributed by atoms with Crippen molar-refractivity contribution >= 4 is 11.9 Å². The highest BCUT2D eigenvalue weighted by molar-refractivity contribution is 5.91. The minimum atomic E-state index is -0.449. The Hall–Kier alpha value is -4.38. The fourth-order valence-electron chi connectivity index (χ4n) is 8.97. The Morgan fingerprint density at radius 2 is 1.17 bits per heavy atom. The first kappa shape index (κ1) is 30.3. The van der Waals surface area contributed by atoms with Crippen molar-refractivity contribution in [3.8, 4) is 17.2 Å². The maximum atomic E-state index is 13.0. The summed E-state index contributed by atoms with van der Waals surface area (Å²) < 4.78 is 11.6. The number of aromatic hydroxyl groups is 1. The lowest BCUT2D eigenvalue weighted by molar-refractivity contribution is 0.0203. The van der Waals surface area contributed by atoms with Crippen LogP contribution in [-0.4, -0.2) is 17.0 Å². The molecular weight excluding hydrogens is 572 g/mol. The zero-order chi connectivity index (χ0) is 31.9. The van der Waals surface area contributed by atoms with Gasteiger partial charge in [-0.25, -0.2) is 9.59 Å². The van der Waals surface area contributed by atoms with E-state index in [1.165, 1.54) is 24.0 Å². The lowest BCUT2D eigenvalue weighted by Gasteiger charge is -2.61. The molecule has 4 aromatic carbocycles. The van der Waals surface area contributed by atoms with E-state index in [4.69, 9.17) is 9.47 Å². The Morgan fingerprint density at radius 1 is 0.652 bits per heavy atom. The molecule has 5 heteroatoms. The first-order valence-corrected chi connectivity index (χ1v) is 16.8. The van der Waals surface area contributed by atoms with Crippen LogP contribution < -0.4 is 9.47 Å². The molecule has 3 aliphatic rings. The van der Waals surface area contributed by atoms with E-state index in [1.54, 1.807) is 42.5 Å². The minimum absolute atomic E-state index is 0.0262. The molecule has 3 atom stereocenters. The van der Waals surface area contributed by atoms with Crippen LogP contribution >= 0.6 is 0 Å². The van der Waals surface area contributed by atoms with Gasteiger partial charge in [-0.15, -0.1) is 0 Å². The molecule has 0 bridgehead atoms. The molecule has 0 saturated heterocycles. The van der Waals surface area contributed by atoms with Crippen molar-refractivity contribution in [2.45, 2.75) is 76.0 Å². The van der Waals surface area contributed by atoms with Gasteiger partial charge < -0.3 is 14.6 Å². The van der Waals surface area contributed by atoms with Crippen molar-refractivity contribution in [2.24, 2.45) is 17.8 Å². The summed E-state index contributed by atoms with van der Waals surface area (Å²) in [6.07, 6.45) is 8.45. The molecule has 46 heavy (non-hydrogen) atoms. The van der Waals surface area contributed by atoms with Crippen molar-refractivity contribution in [1.82, 2.24) is 0 Å². The summed E-state index contributed by atoms with van der Waals surface area (Å²) >= 11 is 0. The number of ether oxygens (including phenoxy) is 2. The van der Waals surface area contributed by atoms with E-state index < -0.39 is 5.97 Å². The molecule has 0 heterocycles. The molecular formula is C41H42O5. The maximum absolute atomic E-state index is 13.0. The quantitative estimate of drug-likeness (QED) is 0.179. The van der Waals surface area contributed by atoms with Gasteiger partial charge in [-0.1, -0.05) is 62.4 Å².